The molecular formula is C10H6ClN. The third kappa shape index (κ3) is 2.02. The molecule has 0 unspecified atom stereocenters. The highest BCUT2D eigenvalue weighted by molar-refractivity contribution is 6.30. The molecule has 0 heterocycles. The van der Waals surface area contributed by atoms with Crippen molar-refractivity contribution in [3.05, 3.63) is 34.3 Å². The number of nitrogens with zero attached hydrogens (tertiary/aromatic N) is 1. The maximum atomic E-state index is 8.23. The van der Waals surface area contributed by atoms with Crippen molar-refractivity contribution in [3.8, 4) is 17.9 Å². The van der Waals surface area contributed by atoms with Crippen LogP contribution in [0.15, 0.2) is 18.2 Å². The Kier molecular flexibility index (Phi) is 2.75. The Balaban J connectivity index is 3.16. The molecular weight excluding hydrogens is 170 g/mol. The minimum atomic E-state index is 0.642. The van der Waals surface area contributed by atoms with E-state index < -0.39 is 0 Å². The predicted molar refractivity (Wildman–Crippen MR) is 48.7 cm³/mol. The SMILES string of the molecule is Cc1ccc(Cl)cc1C#CC#N. The second-order valence-electron chi connectivity index (χ2n) is 2.32. The molecule has 0 aromatic heterocycles. The lowest BCUT2D eigenvalue weighted by Gasteiger charge is -1.96. The Labute approximate surface area is 76.6 Å². The quantitative estimate of drug-likeness (QED) is 0.556. The van der Waals surface area contributed by atoms with Crippen molar-refractivity contribution in [2.45, 2.75) is 6.92 Å². The predicted octanol–water partition coefficient (Wildman–Crippen LogP) is 2.52. The highest BCUT2D eigenvalue weighted by atomic mass is 35.5. The molecule has 0 radical (unpaired) electrons. The van der Waals surface area contributed by atoms with Crippen molar-refractivity contribution in [3.63, 3.8) is 0 Å². The molecule has 1 aromatic carbocycles. The molecule has 0 saturated carbocycles. The van der Waals surface area contributed by atoms with Crippen LogP contribution >= 0.6 is 11.6 Å². The van der Waals surface area contributed by atoms with Gasteiger partial charge < -0.3 is 0 Å². The zero-order chi connectivity index (χ0) is 8.97. The van der Waals surface area contributed by atoms with Gasteiger partial charge in [-0.05, 0) is 24.6 Å². The summed E-state index contributed by atoms with van der Waals surface area (Å²) in [6, 6.07) is 7.19. The lowest BCUT2D eigenvalue weighted by molar-refractivity contribution is 1.44. The fourth-order valence-electron chi connectivity index (χ4n) is 0.824. The van der Waals surface area contributed by atoms with Crippen LogP contribution in [0.1, 0.15) is 11.1 Å². The highest BCUT2D eigenvalue weighted by Gasteiger charge is 1.94. The van der Waals surface area contributed by atoms with E-state index in [0.29, 0.717) is 5.02 Å². The van der Waals surface area contributed by atoms with E-state index in [-0.39, 0.29) is 0 Å². The van der Waals surface area contributed by atoms with Crippen LogP contribution < -0.4 is 0 Å². The smallest absolute Gasteiger partial charge is 0.152 e. The molecule has 0 aliphatic heterocycles. The van der Waals surface area contributed by atoms with E-state index in [2.05, 4.69) is 11.8 Å². The summed E-state index contributed by atoms with van der Waals surface area (Å²) in [5, 5.41) is 8.87. The molecule has 0 spiro atoms. The van der Waals surface area contributed by atoms with Crippen LogP contribution in [0.5, 0.6) is 0 Å². The molecule has 1 rings (SSSR count). The summed E-state index contributed by atoms with van der Waals surface area (Å²) in [5.74, 6) is 5.04. The number of aryl methyl sites for hydroxylation is 1. The molecule has 1 aromatic rings. The Bertz CT molecular complexity index is 391. The van der Waals surface area contributed by atoms with Gasteiger partial charge in [-0.1, -0.05) is 23.6 Å². The van der Waals surface area contributed by atoms with E-state index in [1.807, 2.05) is 13.0 Å². The Morgan fingerprint density at radius 3 is 2.83 bits per heavy atom. The van der Waals surface area contributed by atoms with E-state index in [1.54, 1.807) is 18.2 Å². The molecule has 0 aliphatic carbocycles. The molecule has 1 nitrogen and oxygen atoms in total. The molecule has 0 amide bonds. The van der Waals surface area contributed by atoms with Crippen molar-refractivity contribution >= 4 is 11.6 Å². The van der Waals surface area contributed by atoms with Crippen LogP contribution in [0.3, 0.4) is 0 Å². The highest BCUT2D eigenvalue weighted by Crippen LogP contribution is 2.13. The van der Waals surface area contributed by atoms with E-state index in [9.17, 15) is 0 Å². The number of hydrogen-bond donors (Lipinski definition) is 0. The summed E-state index contributed by atoms with van der Waals surface area (Å²) in [5.41, 5.74) is 1.84. The lowest BCUT2D eigenvalue weighted by Crippen LogP contribution is -1.80. The third-order valence-electron chi connectivity index (χ3n) is 1.45. The van der Waals surface area contributed by atoms with Gasteiger partial charge in [0.15, 0.2) is 6.07 Å². The van der Waals surface area contributed by atoms with Crippen LogP contribution in [-0.4, -0.2) is 0 Å². The first-order chi connectivity index (χ1) is 5.74. The summed E-state index contributed by atoms with van der Waals surface area (Å²) in [4.78, 5) is 0. The van der Waals surface area contributed by atoms with E-state index in [4.69, 9.17) is 16.9 Å². The molecule has 12 heavy (non-hydrogen) atoms. The summed E-state index contributed by atoms with van der Waals surface area (Å²) in [6.07, 6.45) is 0. The van der Waals surface area contributed by atoms with Crippen molar-refractivity contribution < 1.29 is 0 Å². The van der Waals surface area contributed by atoms with Gasteiger partial charge in [-0.2, -0.15) is 5.26 Å². The van der Waals surface area contributed by atoms with E-state index >= 15 is 0 Å². The molecule has 0 fully saturated rings. The average molecular weight is 176 g/mol. The van der Waals surface area contributed by atoms with E-state index in [1.165, 1.54) is 0 Å². The zero-order valence-electron chi connectivity index (χ0n) is 6.56. The lowest BCUT2D eigenvalue weighted by atomic mass is 10.1. The van der Waals surface area contributed by atoms with Gasteiger partial charge in [-0.25, -0.2) is 0 Å². The second kappa shape index (κ2) is 3.81. The van der Waals surface area contributed by atoms with Crippen LogP contribution in [0.4, 0.5) is 0 Å². The monoisotopic (exact) mass is 175 g/mol. The number of nitriles is 1. The molecule has 0 saturated heterocycles. The van der Waals surface area contributed by atoms with Crippen LogP contribution in [-0.2, 0) is 0 Å². The first-order valence-corrected chi connectivity index (χ1v) is 3.78. The number of rotatable bonds is 0. The largest absolute Gasteiger partial charge is 0.183 e. The summed E-state index contributed by atoms with van der Waals surface area (Å²) < 4.78 is 0. The van der Waals surface area contributed by atoms with Gasteiger partial charge in [0.05, 0.1) is 0 Å². The van der Waals surface area contributed by atoms with Crippen LogP contribution in [0.2, 0.25) is 5.02 Å². The molecule has 0 bridgehead atoms. The zero-order valence-corrected chi connectivity index (χ0v) is 7.31. The van der Waals surface area contributed by atoms with Gasteiger partial charge in [0.25, 0.3) is 0 Å². The van der Waals surface area contributed by atoms with Crippen LogP contribution in [0.25, 0.3) is 0 Å². The standard InChI is InChI=1S/C10H6ClN/c1-8-4-5-10(11)7-9(8)3-2-6-12/h4-5,7H,1H3. The number of benzene rings is 1. The number of halogens is 1. The van der Waals surface area contributed by atoms with Crippen molar-refractivity contribution in [2.75, 3.05) is 0 Å². The summed E-state index contributed by atoms with van der Waals surface area (Å²) in [7, 11) is 0. The summed E-state index contributed by atoms with van der Waals surface area (Å²) in [6.45, 7) is 1.93. The molecule has 58 valence electrons. The molecule has 0 aliphatic rings. The third-order valence-corrected chi connectivity index (χ3v) is 1.69. The molecule has 0 N–H and O–H groups in total. The normalized spacial score (nSPS) is 8.08. The molecule has 2 heteroatoms. The first-order valence-electron chi connectivity index (χ1n) is 3.40. The maximum Gasteiger partial charge on any atom is 0.152 e. The van der Waals surface area contributed by atoms with Crippen molar-refractivity contribution in [1.82, 2.24) is 0 Å². The van der Waals surface area contributed by atoms with Crippen molar-refractivity contribution in [1.29, 1.82) is 5.26 Å². The Morgan fingerprint density at radius 1 is 1.42 bits per heavy atom. The first kappa shape index (κ1) is 8.65. The topological polar surface area (TPSA) is 23.8 Å². The summed E-state index contributed by atoms with van der Waals surface area (Å²) >= 11 is 5.75. The van der Waals surface area contributed by atoms with Crippen LogP contribution in [0, 0.1) is 30.1 Å². The second-order valence-corrected chi connectivity index (χ2v) is 2.76. The van der Waals surface area contributed by atoms with Gasteiger partial charge in [0, 0.05) is 16.5 Å². The van der Waals surface area contributed by atoms with Gasteiger partial charge in [-0.15, -0.1) is 0 Å². The van der Waals surface area contributed by atoms with Gasteiger partial charge in [0.2, 0.25) is 0 Å². The van der Waals surface area contributed by atoms with Crippen molar-refractivity contribution in [2.24, 2.45) is 0 Å². The maximum absolute atomic E-state index is 8.23. The molecule has 0 atom stereocenters. The van der Waals surface area contributed by atoms with Gasteiger partial charge in [-0.3, -0.25) is 0 Å². The Hall–Kier alpha value is -1.44. The number of hydrogen-bond acceptors (Lipinski definition) is 1. The minimum absolute atomic E-state index is 0.642. The van der Waals surface area contributed by atoms with Gasteiger partial charge in [0.1, 0.15) is 0 Å². The minimum Gasteiger partial charge on any atom is -0.183 e. The van der Waals surface area contributed by atoms with Gasteiger partial charge >= 0.3 is 0 Å². The van der Waals surface area contributed by atoms with E-state index in [0.717, 1.165) is 11.1 Å². The average Bonchev–Trinajstić information content (AvgIpc) is 2.07. The fourth-order valence-corrected chi connectivity index (χ4v) is 0.996. The Morgan fingerprint density at radius 2 is 2.17 bits per heavy atom. The fraction of sp³-hybridized carbons (Fsp3) is 0.100.